The number of ether oxygens (including phenoxy) is 1. The lowest BCUT2D eigenvalue weighted by molar-refractivity contribution is 0.0693. The number of oxime groups is 1. The molecule has 0 fully saturated rings. The molecule has 0 radical (unpaired) electrons. The fourth-order valence-electron chi connectivity index (χ4n) is 2.56. The molecule has 0 saturated heterocycles. The fourth-order valence-corrected chi connectivity index (χ4v) is 2.56. The van der Waals surface area contributed by atoms with Gasteiger partial charge in [0.1, 0.15) is 29.4 Å². The molecule has 2 aromatic carbocycles. The summed E-state index contributed by atoms with van der Waals surface area (Å²) in [5.41, 5.74) is 1.89. The smallest absolute Gasteiger partial charge is 0.339 e. The second-order valence-corrected chi connectivity index (χ2v) is 5.54. The predicted molar refractivity (Wildman–Crippen MR) is 98.9 cm³/mol. The number of carboxylic acid groups (broad SMARTS) is 1. The van der Waals surface area contributed by atoms with E-state index in [1.165, 1.54) is 18.2 Å². The van der Waals surface area contributed by atoms with Gasteiger partial charge in [0.25, 0.3) is 0 Å². The number of carbonyl (C=O) groups is 1. The number of benzene rings is 2. The highest BCUT2D eigenvalue weighted by Gasteiger charge is 2.12. The third kappa shape index (κ3) is 4.44. The van der Waals surface area contributed by atoms with E-state index in [0.717, 1.165) is 18.8 Å². The Balaban J connectivity index is 2.08. The Morgan fingerprint density at radius 3 is 2.27 bits per heavy atom. The molecule has 3 N–H and O–H groups in total. The lowest BCUT2D eigenvalue weighted by atomic mass is 10.1. The first kappa shape index (κ1) is 19.1. The van der Waals surface area contributed by atoms with Gasteiger partial charge < -0.3 is 25.1 Å². The quantitative estimate of drug-likeness (QED) is 0.380. The standard InChI is InChI=1S/C19H22N2O5/c1-3-21(4-2)14-7-5-13(6-8-14)17(20-25)12-26-15-9-10-16(19(23)24)18(22)11-15/h5-11,22,25H,3-4,12H2,1-2H3,(H,23,24). The van der Waals surface area contributed by atoms with Crippen LogP contribution in [0.3, 0.4) is 0 Å². The average molecular weight is 358 g/mol. The third-order valence-electron chi connectivity index (χ3n) is 4.02. The van der Waals surface area contributed by atoms with E-state index in [2.05, 4.69) is 23.9 Å². The van der Waals surface area contributed by atoms with Crippen LogP contribution >= 0.6 is 0 Å². The minimum absolute atomic E-state index is 0.0347. The summed E-state index contributed by atoms with van der Waals surface area (Å²) in [6.45, 7) is 5.92. The molecule has 0 aliphatic rings. The molecule has 2 rings (SSSR count). The van der Waals surface area contributed by atoms with Crippen LogP contribution in [0.15, 0.2) is 47.6 Å². The van der Waals surface area contributed by atoms with Gasteiger partial charge in [0.15, 0.2) is 0 Å². The van der Waals surface area contributed by atoms with E-state index in [-0.39, 0.29) is 23.7 Å². The minimum Gasteiger partial charge on any atom is -0.507 e. The molecule has 0 aliphatic carbocycles. The van der Waals surface area contributed by atoms with Crippen LogP contribution in [0.5, 0.6) is 11.5 Å². The molecule has 7 heteroatoms. The van der Waals surface area contributed by atoms with Gasteiger partial charge in [0.05, 0.1) is 0 Å². The first-order valence-electron chi connectivity index (χ1n) is 8.25. The summed E-state index contributed by atoms with van der Waals surface area (Å²) in [6.07, 6.45) is 0. The van der Waals surface area contributed by atoms with Crippen LogP contribution in [-0.4, -0.2) is 46.8 Å². The Hall–Kier alpha value is -3.22. The molecule has 0 saturated carbocycles. The van der Waals surface area contributed by atoms with Crippen molar-refractivity contribution >= 4 is 17.4 Å². The van der Waals surface area contributed by atoms with E-state index >= 15 is 0 Å². The summed E-state index contributed by atoms with van der Waals surface area (Å²) in [5.74, 6) is -1.34. The number of hydrogen-bond acceptors (Lipinski definition) is 6. The van der Waals surface area contributed by atoms with E-state index in [1.54, 1.807) is 0 Å². The Bertz CT molecular complexity index is 783. The van der Waals surface area contributed by atoms with Crippen LogP contribution in [0.25, 0.3) is 0 Å². The first-order valence-corrected chi connectivity index (χ1v) is 8.25. The van der Waals surface area contributed by atoms with Gasteiger partial charge >= 0.3 is 5.97 Å². The maximum atomic E-state index is 10.9. The zero-order valence-electron chi connectivity index (χ0n) is 14.7. The molecule has 0 amide bonds. The van der Waals surface area contributed by atoms with Gasteiger partial charge in [-0.25, -0.2) is 4.79 Å². The van der Waals surface area contributed by atoms with Crippen molar-refractivity contribution in [3.05, 3.63) is 53.6 Å². The summed E-state index contributed by atoms with van der Waals surface area (Å²) < 4.78 is 5.49. The molecule has 0 atom stereocenters. The van der Waals surface area contributed by atoms with Crippen LogP contribution in [-0.2, 0) is 0 Å². The number of hydrogen-bond donors (Lipinski definition) is 3. The second-order valence-electron chi connectivity index (χ2n) is 5.54. The minimum atomic E-state index is -1.22. The summed E-state index contributed by atoms with van der Waals surface area (Å²) >= 11 is 0. The molecule has 26 heavy (non-hydrogen) atoms. The largest absolute Gasteiger partial charge is 0.507 e. The van der Waals surface area contributed by atoms with Crippen LogP contribution in [0.2, 0.25) is 0 Å². The van der Waals surface area contributed by atoms with Crippen molar-refractivity contribution in [3.63, 3.8) is 0 Å². The normalized spacial score (nSPS) is 11.2. The summed E-state index contributed by atoms with van der Waals surface area (Å²) in [7, 11) is 0. The Labute approximate surface area is 151 Å². The van der Waals surface area contributed by atoms with Gasteiger partial charge in [0, 0.05) is 30.4 Å². The average Bonchev–Trinajstić information content (AvgIpc) is 2.64. The zero-order chi connectivity index (χ0) is 19.1. The van der Waals surface area contributed by atoms with Crippen molar-refractivity contribution < 1.29 is 25.0 Å². The molecule has 7 nitrogen and oxygen atoms in total. The van der Waals surface area contributed by atoms with Gasteiger partial charge in [-0.05, 0) is 38.1 Å². The highest BCUT2D eigenvalue weighted by Crippen LogP contribution is 2.24. The SMILES string of the molecule is CCN(CC)c1ccc(C(COc2ccc(C(=O)O)c(O)c2)=NO)cc1. The number of carboxylic acids is 1. The van der Waals surface area contributed by atoms with Crippen LogP contribution < -0.4 is 9.64 Å². The molecule has 0 heterocycles. The summed E-state index contributed by atoms with van der Waals surface area (Å²) in [6, 6.07) is 11.5. The molecule has 0 aromatic heterocycles. The van der Waals surface area contributed by atoms with Crippen LogP contribution in [0.1, 0.15) is 29.8 Å². The van der Waals surface area contributed by atoms with Crippen molar-refractivity contribution in [3.8, 4) is 11.5 Å². The molecular formula is C19H22N2O5. The lowest BCUT2D eigenvalue weighted by Crippen LogP contribution is -2.21. The number of nitrogens with zero attached hydrogens (tertiary/aromatic N) is 2. The van der Waals surface area contributed by atoms with E-state index in [0.29, 0.717) is 11.3 Å². The zero-order valence-corrected chi connectivity index (χ0v) is 14.7. The summed E-state index contributed by atoms with van der Waals surface area (Å²) in [4.78, 5) is 13.1. The highest BCUT2D eigenvalue weighted by molar-refractivity contribution is 6.01. The fraction of sp³-hybridized carbons (Fsp3) is 0.263. The topological polar surface area (TPSA) is 103 Å². The molecule has 0 aliphatic heterocycles. The second kappa shape index (κ2) is 8.75. The maximum absolute atomic E-state index is 10.9. The number of aromatic carboxylic acids is 1. The number of rotatable bonds is 8. The number of phenols is 1. The van der Waals surface area contributed by atoms with Gasteiger partial charge in [0.2, 0.25) is 0 Å². The molecule has 0 bridgehead atoms. The van der Waals surface area contributed by atoms with Crippen molar-refractivity contribution in [2.24, 2.45) is 5.16 Å². The molecular weight excluding hydrogens is 336 g/mol. The number of anilines is 1. The van der Waals surface area contributed by atoms with Crippen molar-refractivity contribution in [1.29, 1.82) is 0 Å². The van der Waals surface area contributed by atoms with E-state index in [1.807, 2.05) is 24.3 Å². The van der Waals surface area contributed by atoms with E-state index in [9.17, 15) is 15.1 Å². The molecule has 2 aromatic rings. The molecule has 0 unspecified atom stereocenters. The Kier molecular flexibility index (Phi) is 6.43. The van der Waals surface area contributed by atoms with Crippen LogP contribution in [0.4, 0.5) is 5.69 Å². The molecule has 138 valence electrons. The van der Waals surface area contributed by atoms with E-state index in [4.69, 9.17) is 9.84 Å². The van der Waals surface area contributed by atoms with Gasteiger partial charge in [-0.3, -0.25) is 0 Å². The summed E-state index contributed by atoms with van der Waals surface area (Å²) in [5, 5.41) is 31.1. The number of aromatic hydroxyl groups is 1. The predicted octanol–water partition coefficient (Wildman–Crippen LogP) is 3.19. The van der Waals surface area contributed by atoms with Crippen molar-refractivity contribution in [2.75, 3.05) is 24.6 Å². The Morgan fingerprint density at radius 2 is 1.77 bits per heavy atom. The van der Waals surface area contributed by atoms with E-state index < -0.39 is 5.97 Å². The van der Waals surface area contributed by atoms with Crippen LogP contribution in [0, 0.1) is 0 Å². The van der Waals surface area contributed by atoms with Crippen molar-refractivity contribution in [2.45, 2.75) is 13.8 Å². The first-order chi connectivity index (χ1) is 12.5. The monoisotopic (exact) mass is 358 g/mol. The van der Waals surface area contributed by atoms with Gasteiger partial charge in [-0.15, -0.1) is 0 Å². The van der Waals surface area contributed by atoms with Gasteiger partial charge in [-0.1, -0.05) is 17.3 Å². The van der Waals surface area contributed by atoms with Crippen molar-refractivity contribution in [1.82, 2.24) is 0 Å². The van der Waals surface area contributed by atoms with Gasteiger partial charge in [-0.2, -0.15) is 0 Å². The highest BCUT2D eigenvalue weighted by atomic mass is 16.5. The lowest BCUT2D eigenvalue weighted by Gasteiger charge is -2.21. The molecule has 0 spiro atoms. The Morgan fingerprint density at radius 1 is 1.12 bits per heavy atom. The maximum Gasteiger partial charge on any atom is 0.339 e. The third-order valence-corrected chi connectivity index (χ3v) is 4.02.